The molecule has 4 heteroatoms. The lowest BCUT2D eigenvalue weighted by molar-refractivity contribution is 0.0544. The van der Waals surface area contributed by atoms with Crippen LogP contribution in [0.3, 0.4) is 0 Å². The standard InChI is InChI=1S/C7H7NO2S/c1-2-3-10-7(9)6-4-11-5-8-6/h2,4-5H,1,3H2. The minimum Gasteiger partial charge on any atom is -0.457 e. The van der Waals surface area contributed by atoms with Gasteiger partial charge in [0.05, 0.1) is 5.51 Å². The van der Waals surface area contributed by atoms with Crippen LogP contribution in [-0.4, -0.2) is 17.6 Å². The molecule has 0 saturated carbocycles. The van der Waals surface area contributed by atoms with E-state index in [0.717, 1.165) is 0 Å². The van der Waals surface area contributed by atoms with Crippen LogP contribution in [0.15, 0.2) is 23.5 Å². The summed E-state index contributed by atoms with van der Waals surface area (Å²) >= 11 is 1.36. The third-order valence-corrected chi connectivity index (χ3v) is 1.56. The molecule has 0 saturated heterocycles. The highest BCUT2D eigenvalue weighted by Gasteiger charge is 2.06. The lowest BCUT2D eigenvalue weighted by Crippen LogP contribution is -2.04. The summed E-state index contributed by atoms with van der Waals surface area (Å²) in [6.45, 7) is 3.65. The van der Waals surface area contributed by atoms with Gasteiger partial charge in [-0.2, -0.15) is 0 Å². The molecule has 58 valence electrons. The van der Waals surface area contributed by atoms with Crippen molar-refractivity contribution in [1.82, 2.24) is 4.98 Å². The second-order valence-corrected chi connectivity index (χ2v) is 2.48. The predicted octanol–water partition coefficient (Wildman–Crippen LogP) is 1.49. The summed E-state index contributed by atoms with van der Waals surface area (Å²) in [6.07, 6.45) is 1.52. The number of carbonyl (C=O) groups excluding carboxylic acids is 1. The topological polar surface area (TPSA) is 39.2 Å². The number of esters is 1. The zero-order valence-corrected chi connectivity index (χ0v) is 6.63. The molecule has 0 fully saturated rings. The maximum atomic E-state index is 10.9. The van der Waals surface area contributed by atoms with Crippen molar-refractivity contribution in [3.8, 4) is 0 Å². The average Bonchev–Trinajstić information content (AvgIpc) is 2.52. The third-order valence-electron chi connectivity index (χ3n) is 0.974. The normalized spacial score (nSPS) is 9.09. The Hall–Kier alpha value is -1.16. The molecule has 0 amide bonds. The number of hydrogen-bond donors (Lipinski definition) is 0. The molecule has 1 aromatic heterocycles. The molecule has 3 nitrogen and oxygen atoms in total. The van der Waals surface area contributed by atoms with E-state index in [0.29, 0.717) is 5.69 Å². The minimum absolute atomic E-state index is 0.232. The second-order valence-electron chi connectivity index (χ2n) is 1.76. The number of ether oxygens (including phenoxy) is 1. The summed E-state index contributed by atoms with van der Waals surface area (Å²) in [5.74, 6) is -0.397. The Morgan fingerprint density at radius 2 is 2.73 bits per heavy atom. The van der Waals surface area contributed by atoms with Crippen molar-refractivity contribution < 1.29 is 9.53 Å². The molecule has 0 unspecified atom stereocenters. The molecule has 0 N–H and O–H groups in total. The van der Waals surface area contributed by atoms with Crippen molar-refractivity contribution in [3.05, 3.63) is 29.2 Å². The first-order chi connectivity index (χ1) is 5.34. The molecule has 1 rings (SSSR count). The van der Waals surface area contributed by atoms with E-state index in [-0.39, 0.29) is 6.61 Å². The van der Waals surface area contributed by atoms with Gasteiger partial charge in [0, 0.05) is 5.38 Å². The van der Waals surface area contributed by atoms with Crippen molar-refractivity contribution in [3.63, 3.8) is 0 Å². The van der Waals surface area contributed by atoms with Gasteiger partial charge < -0.3 is 4.74 Å². The van der Waals surface area contributed by atoms with Gasteiger partial charge in [-0.25, -0.2) is 9.78 Å². The average molecular weight is 169 g/mol. The van der Waals surface area contributed by atoms with E-state index < -0.39 is 5.97 Å². The van der Waals surface area contributed by atoms with Crippen LogP contribution in [0.1, 0.15) is 10.5 Å². The van der Waals surface area contributed by atoms with Gasteiger partial charge in [-0.15, -0.1) is 11.3 Å². The van der Waals surface area contributed by atoms with Crippen LogP contribution >= 0.6 is 11.3 Å². The van der Waals surface area contributed by atoms with Gasteiger partial charge in [-0.05, 0) is 0 Å². The third kappa shape index (κ3) is 2.16. The Morgan fingerprint density at radius 3 is 3.27 bits per heavy atom. The lowest BCUT2D eigenvalue weighted by atomic mass is 10.5. The van der Waals surface area contributed by atoms with Crippen molar-refractivity contribution in [2.24, 2.45) is 0 Å². The van der Waals surface area contributed by atoms with Crippen LogP contribution < -0.4 is 0 Å². The summed E-state index contributed by atoms with van der Waals surface area (Å²) in [4.78, 5) is 14.7. The Bertz CT molecular complexity index is 243. The molecule has 0 aliphatic carbocycles. The molecule has 1 aromatic rings. The van der Waals surface area contributed by atoms with Crippen LogP contribution in [0.2, 0.25) is 0 Å². The molecule has 1 heterocycles. The largest absolute Gasteiger partial charge is 0.457 e. The van der Waals surface area contributed by atoms with E-state index in [9.17, 15) is 4.79 Å². The highest BCUT2D eigenvalue weighted by atomic mass is 32.1. The zero-order valence-electron chi connectivity index (χ0n) is 5.82. The minimum atomic E-state index is -0.397. The number of rotatable bonds is 3. The molecule has 0 aliphatic rings. The van der Waals surface area contributed by atoms with Gasteiger partial charge in [0.25, 0.3) is 0 Å². The highest BCUT2D eigenvalue weighted by molar-refractivity contribution is 7.07. The Balaban J connectivity index is 2.49. The van der Waals surface area contributed by atoms with Crippen LogP contribution in [0.25, 0.3) is 0 Å². The van der Waals surface area contributed by atoms with Gasteiger partial charge in [0.1, 0.15) is 6.61 Å². The fourth-order valence-electron chi connectivity index (χ4n) is 0.522. The lowest BCUT2D eigenvalue weighted by Gasteiger charge is -1.95. The monoisotopic (exact) mass is 169 g/mol. The first-order valence-electron chi connectivity index (χ1n) is 3.01. The molecule has 11 heavy (non-hydrogen) atoms. The van der Waals surface area contributed by atoms with Crippen LogP contribution in [0.5, 0.6) is 0 Å². The number of nitrogens with zero attached hydrogens (tertiary/aromatic N) is 1. The molecule has 0 atom stereocenters. The quantitative estimate of drug-likeness (QED) is 0.508. The van der Waals surface area contributed by atoms with Gasteiger partial charge in [0.15, 0.2) is 5.69 Å². The highest BCUT2D eigenvalue weighted by Crippen LogP contribution is 2.02. The van der Waals surface area contributed by atoms with Crippen molar-refractivity contribution in [1.29, 1.82) is 0 Å². The maximum Gasteiger partial charge on any atom is 0.358 e. The maximum absolute atomic E-state index is 10.9. The Morgan fingerprint density at radius 1 is 1.91 bits per heavy atom. The van der Waals surface area contributed by atoms with Crippen molar-refractivity contribution >= 4 is 17.3 Å². The van der Waals surface area contributed by atoms with E-state index in [1.807, 2.05) is 0 Å². The van der Waals surface area contributed by atoms with Gasteiger partial charge >= 0.3 is 5.97 Å². The molecule has 0 aromatic carbocycles. The smallest absolute Gasteiger partial charge is 0.358 e. The molecule has 0 aliphatic heterocycles. The molecule has 0 spiro atoms. The summed E-state index contributed by atoms with van der Waals surface area (Å²) in [7, 11) is 0. The summed E-state index contributed by atoms with van der Waals surface area (Å²) in [5, 5.41) is 1.64. The first kappa shape index (κ1) is 7.94. The Labute approximate surface area is 68.3 Å². The van der Waals surface area contributed by atoms with Crippen molar-refractivity contribution in [2.75, 3.05) is 6.61 Å². The van der Waals surface area contributed by atoms with Crippen LogP contribution in [-0.2, 0) is 4.74 Å². The molecular weight excluding hydrogens is 162 g/mol. The number of aromatic nitrogens is 1. The van der Waals surface area contributed by atoms with E-state index in [4.69, 9.17) is 4.74 Å². The predicted molar refractivity (Wildman–Crippen MR) is 42.6 cm³/mol. The van der Waals surface area contributed by atoms with E-state index in [2.05, 4.69) is 11.6 Å². The van der Waals surface area contributed by atoms with E-state index in [1.54, 1.807) is 10.9 Å². The van der Waals surface area contributed by atoms with Gasteiger partial charge in [0.2, 0.25) is 0 Å². The number of hydrogen-bond acceptors (Lipinski definition) is 4. The molecule has 0 bridgehead atoms. The summed E-state index contributed by atoms with van der Waals surface area (Å²) in [6, 6.07) is 0. The van der Waals surface area contributed by atoms with Crippen molar-refractivity contribution in [2.45, 2.75) is 0 Å². The van der Waals surface area contributed by atoms with E-state index in [1.165, 1.54) is 17.4 Å². The van der Waals surface area contributed by atoms with Gasteiger partial charge in [-0.3, -0.25) is 0 Å². The first-order valence-corrected chi connectivity index (χ1v) is 3.95. The number of carbonyl (C=O) groups is 1. The molecular formula is C7H7NO2S. The van der Waals surface area contributed by atoms with Gasteiger partial charge in [-0.1, -0.05) is 12.7 Å². The molecule has 0 radical (unpaired) electrons. The zero-order chi connectivity index (χ0) is 8.10. The summed E-state index contributed by atoms with van der Waals surface area (Å²) in [5.41, 5.74) is 1.95. The fraction of sp³-hybridized carbons (Fsp3) is 0.143. The second kappa shape index (κ2) is 3.88. The van der Waals surface area contributed by atoms with Crippen LogP contribution in [0, 0.1) is 0 Å². The summed E-state index contributed by atoms with van der Waals surface area (Å²) < 4.78 is 4.72. The fourth-order valence-corrected chi connectivity index (χ4v) is 1.04. The number of thiazole rings is 1. The SMILES string of the molecule is C=CCOC(=O)c1cscn1. The van der Waals surface area contributed by atoms with Crippen LogP contribution in [0.4, 0.5) is 0 Å². The Kier molecular flexibility index (Phi) is 2.80. The van der Waals surface area contributed by atoms with E-state index >= 15 is 0 Å².